The van der Waals surface area contributed by atoms with Crippen LogP contribution in [0.15, 0.2) is 42.5 Å². The maximum Gasteiger partial charge on any atom is 0.255 e. The molecule has 1 atom stereocenters. The van der Waals surface area contributed by atoms with Crippen LogP contribution in [0.4, 0.5) is 0 Å². The maximum atomic E-state index is 12.2. The van der Waals surface area contributed by atoms with Crippen LogP contribution in [-0.2, 0) is 0 Å². The molecule has 0 aromatic heterocycles. The molecule has 0 spiro atoms. The van der Waals surface area contributed by atoms with Crippen molar-refractivity contribution in [3.8, 4) is 17.2 Å². The van der Waals surface area contributed by atoms with E-state index >= 15 is 0 Å². The van der Waals surface area contributed by atoms with E-state index < -0.39 is 6.10 Å². The van der Waals surface area contributed by atoms with Crippen LogP contribution in [0.5, 0.6) is 17.2 Å². The number of fused-ring (bicyclic) bond motifs is 1. The first-order valence-electron chi connectivity index (χ1n) is 7.68. The second kappa shape index (κ2) is 7.23. The Hall–Kier alpha value is -2.73. The number of para-hydroxylation sites is 1. The molecule has 2 aromatic rings. The highest BCUT2D eigenvalue weighted by molar-refractivity contribution is 5.96. The number of benzene rings is 2. The van der Waals surface area contributed by atoms with Gasteiger partial charge in [-0.1, -0.05) is 18.2 Å². The van der Waals surface area contributed by atoms with Crippen LogP contribution >= 0.6 is 0 Å². The van der Waals surface area contributed by atoms with Gasteiger partial charge in [-0.2, -0.15) is 0 Å². The molecule has 0 saturated carbocycles. The van der Waals surface area contributed by atoms with Crippen LogP contribution in [0, 0.1) is 0 Å². The van der Waals surface area contributed by atoms with E-state index in [0.29, 0.717) is 41.6 Å². The van der Waals surface area contributed by atoms with Gasteiger partial charge in [0.15, 0.2) is 11.5 Å². The number of rotatable bonds is 5. The molecule has 0 aliphatic carbocycles. The number of aliphatic hydroxyl groups excluding tert-OH is 1. The van der Waals surface area contributed by atoms with Gasteiger partial charge in [-0.15, -0.1) is 0 Å². The summed E-state index contributed by atoms with van der Waals surface area (Å²) in [5.74, 6) is 1.46. The molecule has 0 bridgehead atoms. The van der Waals surface area contributed by atoms with E-state index in [1.807, 2.05) is 0 Å². The summed E-state index contributed by atoms with van der Waals surface area (Å²) in [6.07, 6.45) is -0.848. The summed E-state index contributed by atoms with van der Waals surface area (Å²) in [7, 11) is 1.51. The van der Waals surface area contributed by atoms with Crippen molar-refractivity contribution in [3.63, 3.8) is 0 Å². The number of nitrogens with one attached hydrogen (secondary N) is 1. The molecule has 0 saturated heterocycles. The molecular formula is C18H19NO5. The molecule has 6 nitrogen and oxygen atoms in total. The second-order valence-corrected chi connectivity index (χ2v) is 5.33. The third-order valence-corrected chi connectivity index (χ3v) is 3.76. The van der Waals surface area contributed by atoms with Crippen LogP contribution in [0.25, 0.3) is 0 Å². The summed E-state index contributed by atoms with van der Waals surface area (Å²) in [6, 6.07) is 12.2. The Labute approximate surface area is 140 Å². The SMILES string of the molecule is COc1ccccc1C(=O)NCC(O)c1ccc2c(c1)OCCO2. The third-order valence-electron chi connectivity index (χ3n) is 3.76. The molecule has 1 aliphatic heterocycles. The Bertz CT molecular complexity index is 731. The van der Waals surface area contributed by atoms with Gasteiger partial charge in [-0.05, 0) is 29.8 Å². The standard InChI is InChI=1S/C18H19NO5/c1-22-15-5-3-2-4-13(15)18(21)19-11-14(20)12-6-7-16-17(10-12)24-9-8-23-16/h2-7,10,14,20H,8-9,11H2,1H3,(H,19,21). The predicted molar refractivity (Wildman–Crippen MR) is 87.7 cm³/mol. The molecule has 0 fully saturated rings. The summed E-state index contributed by atoms with van der Waals surface area (Å²) in [4.78, 5) is 12.2. The fraction of sp³-hybridized carbons (Fsp3) is 0.278. The van der Waals surface area contributed by atoms with Crippen molar-refractivity contribution in [2.75, 3.05) is 26.9 Å². The molecule has 2 aromatic carbocycles. The minimum Gasteiger partial charge on any atom is -0.496 e. The van der Waals surface area contributed by atoms with Crippen LogP contribution in [0.3, 0.4) is 0 Å². The van der Waals surface area contributed by atoms with Gasteiger partial charge in [-0.3, -0.25) is 4.79 Å². The van der Waals surface area contributed by atoms with Gasteiger partial charge >= 0.3 is 0 Å². The van der Waals surface area contributed by atoms with E-state index in [1.54, 1.807) is 42.5 Å². The largest absolute Gasteiger partial charge is 0.496 e. The first-order valence-corrected chi connectivity index (χ1v) is 7.68. The topological polar surface area (TPSA) is 77.0 Å². The van der Waals surface area contributed by atoms with Crippen LogP contribution in [0.1, 0.15) is 22.0 Å². The number of methoxy groups -OCH3 is 1. The van der Waals surface area contributed by atoms with Crippen LogP contribution < -0.4 is 19.5 Å². The van der Waals surface area contributed by atoms with Crippen molar-refractivity contribution < 1.29 is 24.1 Å². The molecule has 1 heterocycles. The van der Waals surface area contributed by atoms with E-state index in [1.165, 1.54) is 7.11 Å². The normalized spacial score (nSPS) is 13.9. The molecule has 2 N–H and O–H groups in total. The number of hydrogen-bond donors (Lipinski definition) is 2. The number of aliphatic hydroxyl groups is 1. The van der Waals surface area contributed by atoms with E-state index in [9.17, 15) is 9.90 Å². The lowest BCUT2D eigenvalue weighted by Gasteiger charge is -2.20. The predicted octanol–water partition coefficient (Wildman–Crippen LogP) is 1.93. The van der Waals surface area contributed by atoms with Crippen LogP contribution in [-0.4, -0.2) is 37.9 Å². The molecule has 1 amide bonds. The van der Waals surface area contributed by atoms with Gasteiger partial charge in [-0.25, -0.2) is 0 Å². The van der Waals surface area contributed by atoms with E-state index in [-0.39, 0.29) is 12.5 Å². The van der Waals surface area contributed by atoms with Gasteiger partial charge in [0.2, 0.25) is 0 Å². The summed E-state index contributed by atoms with van der Waals surface area (Å²) in [5.41, 5.74) is 1.08. The second-order valence-electron chi connectivity index (χ2n) is 5.33. The van der Waals surface area contributed by atoms with Gasteiger partial charge in [0, 0.05) is 6.54 Å². The highest BCUT2D eigenvalue weighted by atomic mass is 16.6. The number of carbonyl (C=O) groups is 1. The van der Waals surface area contributed by atoms with Crippen LogP contribution in [0.2, 0.25) is 0 Å². The van der Waals surface area contributed by atoms with E-state index in [2.05, 4.69) is 5.32 Å². The zero-order valence-electron chi connectivity index (χ0n) is 13.3. The highest BCUT2D eigenvalue weighted by Crippen LogP contribution is 2.32. The van der Waals surface area contributed by atoms with Gasteiger partial charge in [0.1, 0.15) is 19.0 Å². The molecule has 1 aliphatic rings. The van der Waals surface area contributed by atoms with Gasteiger partial charge < -0.3 is 24.6 Å². The quantitative estimate of drug-likeness (QED) is 0.876. The number of carbonyl (C=O) groups excluding carboxylic acids is 1. The Morgan fingerprint density at radius 1 is 1.21 bits per heavy atom. The smallest absolute Gasteiger partial charge is 0.255 e. The fourth-order valence-corrected chi connectivity index (χ4v) is 2.50. The van der Waals surface area contributed by atoms with Gasteiger partial charge in [0.25, 0.3) is 5.91 Å². The number of ether oxygens (including phenoxy) is 3. The lowest BCUT2D eigenvalue weighted by molar-refractivity contribution is 0.0913. The van der Waals surface area contributed by atoms with Crippen molar-refractivity contribution >= 4 is 5.91 Å². The minimum absolute atomic E-state index is 0.0799. The average Bonchev–Trinajstić information content (AvgIpc) is 2.65. The van der Waals surface area contributed by atoms with Crippen molar-refractivity contribution in [1.82, 2.24) is 5.32 Å². The molecule has 126 valence electrons. The first-order chi connectivity index (χ1) is 11.7. The lowest BCUT2D eigenvalue weighted by Crippen LogP contribution is -2.28. The van der Waals surface area contributed by atoms with Crippen molar-refractivity contribution in [1.29, 1.82) is 0 Å². The Morgan fingerprint density at radius 3 is 2.75 bits per heavy atom. The Morgan fingerprint density at radius 2 is 1.96 bits per heavy atom. The average molecular weight is 329 g/mol. The minimum atomic E-state index is -0.848. The van der Waals surface area contributed by atoms with Crippen molar-refractivity contribution in [3.05, 3.63) is 53.6 Å². The van der Waals surface area contributed by atoms with E-state index in [4.69, 9.17) is 14.2 Å². The summed E-state index contributed by atoms with van der Waals surface area (Å²) >= 11 is 0. The Kier molecular flexibility index (Phi) is 4.86. The fourth-order valence-electron chi connectivity index (χ4n) is 2.50. The summed E-state index contributed by atoms with van der Waals surface area (Å²) in [5, 5.41) is 13.0. The maximum absolute atomic E-state index is 12.2. The highest BCUT2D eigenvalue weighted by Gasteiger charge is 2.17. The number of amides is 1. The molecular weight excluding hydrogens is 310 g/mol. The zero-order chi connectivity index (χ0) is 16.9. The number of hydrogen-bond acceptors (Lipinski definition) is 5. The zero-order valence-corrected chi connectivity index (χ0v) is 13.3. The summed E-state index contributed by atoms with van der Waals surface area (Å²) < 4.78 is 16.1. The van der Waals surface area contributed by atoms with E-state index in [0.717, 1.165) is 0 Å². The molecule has 24 heavy (non-hydrogen) atoms. The van der Waals surface area contributed by atoms with Crippen molar-refractivity contribution in [2.45, 2.75) is 6.10 Å². The third kappa shape index (κ3) is 3.44. The molecule has 0 radical (unpaired) electrons. The molecule has 6 heteroatoms. The summed E-state index contributed by atoms with van der Waals surface area (Å²) in [6.45, 7) is 1.08. The first kappa shape index (κ1) is 16.1. The Balaban J connectivity index is 1.65. The van der Waals surface area contributed by atoms with Gasteiger partial charge in [0.05, 0.1) is 18.8 Å². The monoisotopic (exact) mass is 329 g/mol. The van der Waals surface area contributed by atoms with Crippen molar-refractivity contribution in [2.24, 2.45) is 0 Å². The lowest BCUT2D eigenvalue weighted by atomic mass is 10.1. The molecule has 1 unspecified atom stereocenters. The molecule has 3 rings (SSSR count).